The molecular weight excluding hydrogens is 290 g/mol. The van der Waals surface area contributed by atoms with Crippen LogP contribution in [0.15, 0.2) is 19.7 Å². The SMILES string of the molecule is COc1cc2oc(=O)c3c(c2c2[nH]c(=S)oc12)CCCC3. The molecule has 0 saturated heterocycles. The fourth-order valence-corrected chi connectivity index (χ4v) is 3.34. The van der Waals surface area contributed by atoms with E-state index in [0.29, 0.717) is 16.9 Å². The molecule has 4 rings (SSSR count). The largest absolute Gasteiger partial charge is 0.493 e. The lowest BCUT2D eigenvalue weighted by molar-refractivity contribution is 0.408. The highest BCUT2D eigenvalue weighted by Crippen LogP contribution is 2.36. The van der Waals surface area contributed by atoms with Gasteiger partial charge in [0.05, 0.1) is 7.11 Å². The Hall–Kier alpha value is -2.08. The summed E-state index contributed by atoms with van der Waals surface area (Å²) in [6, 6.07) is 1.69. The standard InChI is InChI=1S/C15H13NO4S/c1-18-10-6-9-11(12-13(10)20-15(21)16-12)7-4-2-3-5-8(7)14(17)19-9/h6H,2-5H2,1H3,(H,16,21). The predicted octanol–water partition coefficient (Wildman–Crippen LogP) is 3.48. The Morgan fingerprint density at radius 3 is 2.76 bits per heavy atom. The molecule has 5 nitrogen and oxygen atoms in total. The minimum Gasteiger partial charge on any atom is -0.493 e. The second kappa shape index (κ2) is 4.46. The van der Waals surface area contributed by atoms with Crippen LogP contribution in [0.2, 0.25) is 0 Å². The van der Waals surface area contributed by atoms with E-state index in [1.807, 2.05) is 0 Å². The van der Waals surface area contributed by atoms with Crippen LogP contribution in [0.5, 0.6) is 5.75 Å². The molecule has 1 aliphatic carbocycles. The second-order valence-corrected chi connectivity index (χ2v) is 5.60. The molecule has 21 heavy (non-hydrogen) atoms. The average Bonchev–Trinajstić information content (AvgIpc) is 2.87. The lowest BCUT2D eigenvalue weighted by Crippen LogP contribution is -2.16. The number of aryl methyl sites for hydroxylation is 1. The van der Waals surface area contributed by atoms with E-state index < -0.39 is 0 Å². The van der Waals surface area contributed by atoms with Crippen LogP contribution in [0.4, 0.5) is 0 Å². The zero-order chi connectivity index (χ0) is 14.6. The number of nitrogens with one attached hydrogen (secondary N) is 1. The van der Waals surface area contributed by atoms with Crippen LogP contribution in [-0.4, -0.2) is 12.1 Å². The molecule has 1 aliphatic rings. The van der Waals surface area contributed by atoms with Crippen molar-refractivity contribution >= 4 is 34.3 Å². The lowest BCUT2D eigenvalue weighted by atomic mass is 9.90. The van der Waals surface area contributed by atoms with Crippen molar-refractivity contribution in [1.29, 1.82) is 0 Å². The summed E-state index contributed by atoms with van der Waals surface area (Å²) in [4.78, 5) is 15.5. The van der Waals surface area contributed by atoms with Crippen molar-refractivity contribution in [3.05, 3.63) is 32.5 Å². The summed E-state index contributed by atoms with van der Waals surface area (Å²) in [6.07, 6.45) is 3.71. The summed E-state index contributed by atoms with van der Waals surface area (Å²) >= 11 is 5.09. The number of oxazole rings is 1. The number of fused-ring (bicyclic) bond motifs is 5. The van der Waals surface area contributed by atoms with Gasteiger partial charge in [-0.25, -0.2) is 4.79 Å². The smallest absolute Gasteiger partial charge is 0.339 e. The van der Waals surface area contributed by atoms with E-state index >= 15 is 0 Å². The van der Waals surface area contributed by atoms with Gasteiger partial charge in [0.1, 0.15) is 11.1 Å². The van der Waals surface area contributed by atoms with Crippen LogP contribution >= 0.6 is 12.2 Å². The minimum atomic E-state index is -0.249. The third-order valence-corrected chi connectivity index (χ3v) is 4.26. The van der Waals surface area contributed by atoms with Crippen LogP contribution in [0, 0.1) is 4.84 Å². The van der Waals surface area contributed by atoms with Crippen molar-refractivity contribution in [2.45, 2.75) is 25.7 Å². The van der Waals surface area contributed by atoms with Gasteiger partial charge >= 0.3 is 5.63 Å². The molecule has 3 aromatic rings. The highest BCUT2D eigenvalue weighted by atomic mass is 32.1. The normalized spacial score (nSPS) is 14.5. The number of hydrogen-bond acceptors (Lipinski definition) is 5. The Bertz CT molecular complexity index is 979. The van der Waals surface area contributed by atoms with Crippen LogP contribution in [0.3, 0.4) is 0 Å². The average molecular weight is 303 g/mol. The summed E-state index contributed by atoms with van der Waals surface area (Å²) in [5, 5.41) is 0.889. The summed E-state index contributed by atoms with van der Waals surface area (Å²) in [5.74, 6) is 0.503. The van der Waals surface area contributed by atoms with Crippen LogP contribution in [-0.2, 0) is 12.8 Å². The van der Waals surface area contributed by atoms with Gasteiger partial charge in [-0.1, -0.05) is 0 Å². The summed E-state index contributed by atoms with van der Waals surface area (Å²) in [5.41, 5.74) is 3.40. The number of rotatable bonds is 1. The predicted molar refractivity (Wildman–Crippen MR) is 80.6 cm³/mol. The molecule has 1 N–H and O–H groups in total. The minimum absolute atomic E-state index is 0.249. The van der Waals surface area contributed by atoms with E-state index in [9.17, 15) is 4.79 Å². The molecule has 2 heterocycles. The highest BCUT2D eigenvalue weighted by molar-refractivity contribution is 7.71. The molecule has 0 bridgehead atoms. The van der Waals surface area contributed by atoms with Gasteiger partial charge in [0.15, 0.2) is 11.3 Å². The fourth-order valence-electron chi connectivity index (χ4n) is 3.16. The lowest BCUT2D eigenvalue weighted by Gasteiger charge is -2.16. The number of methoxy groups -OCH3 is 1. The van der Waals surface area contributed by atoms with Crippen LogP contribution in [0.25, 0.3) is 22.1 Å². The topological polar surface area (TPSA) is 68.4 Å². The quantitative estimate of drug-likeness (QED) is 0.550. The molecule has 0 atom stereocenters. The van der Waals surface area contributed by atoms with E-state index in [4.69, 9.17) is 25.8 Å². The van der Waals surface area contributed by atoms with Gasteiger partial charge in [0.2, 0.25) is 0 Å². The van der Waals surface area contributed by atoms with Crippen molar-refractivity contribution in [3.8, 4) is 5.75 Å². The van der Waals surface area contributed by atoms with E-state index in [2.05, 4.69) is 4.98 Å². The maximum atomic E-state index is 12.2. The van der Waals surface area contributed by atoms with Gasteiger partial charge in [-0.05, 0) is 43.5 Å². The molecule has 0 unspecified atom stereocenters. The molecular formula is C15H13NO4S. The van der Waals surface area contributed by atoms with Crippen molar-refractivity contribution in [2.24, 2.45) is 0 Å². The Morgan fingerprint density at radius 2 is 2.00 bits per heavy atom. The number of aromatic amines is 1. The Kier molecular flexibility index (Phi) is 2.68. The van der Waals surface area contributed by atoms with Gasteiger partial charge in [0, 0.05) is 17.0 Å². The van der Waals surface area contributed by atoms with Gasteiger partial charge < -0.3 is 18.6 Å². The van der Waals surface area contributed by atoms with Crippen molar-refractivity contribution in [3.63, 3.8) is 0 Å². The molecule has 6 heteroatoms. The highest BCUT2D eigenvalue weighted by Gasteiger charge is 2.22. The number of aromatic nitrogens is 1. The third-order valence-electron chi connectivity index (χ3n) is 4.07. The molecule has 2 aromatic heterocycles. The first-order chi connectivity index (χ1) is 10.2. The fraction of sp³-hybridized carbons (Fsp3) is 0.333. The molecule has 0 spiro atoms. The summed E-state index contributed by atoms with van der Waals surface area (Å²) in [7, 11) is 1.54. The Labute approximate surface area is 124 Å². The Balaban J connectivity index is 2.27. The van der Waals surface area contributed by atoms with E-state index in [1.54, 1.807) is 13.2 Å². The van der Waals surface area contributed by atoms with E-state index in [-0.39, 0.29) is 10.5 Å². The first-order valence-electron chi connectivity index (χ1n) is 6.87. The Morgan fingerprint density at radius 1 is 1.24 bits per heavy atom. The molecule has 0 saturated carbocycles. The van der Waals surface area contributed by atoms with E-state index in [0.717, 1.165) is 47.7 Å². The van der Waals surface area contributed by atoms with Gasteiger partial charge in [-0.15, -0.1) is 0 Å². The molecule has 108 valence electrons. The summed E-state index contributed by atoms with van der Waals surface area (Å²) < 4.78 is 16.3. The zero-order valence-electron chi connectivity index (χ0n) is 11.4. The third kappa shape index (κ3) is 1.75. The number of hydrogen-bond donors (Lipinski definition) is 1. The van der Waals surface area contributed by atoms with Crippen molar-refractivity contribution < 1.29 is 13.6 Å². The molecule has 0 aliphatic heterocycles. The molecule has 0 radical (unpaired) electrons. The number of benzene rings is 1. The van der Waals surface area contributed by atoms with Gasteiger partial charge in [-0.2, -0.15) is 0 Å². The van der Waals surface area contributed by atoms with Crippen LogP contribution in [0.1, 0.15) is 24.0 Å². The molecule has 0 fully saturated rings. The zero-order valence-corrected chi connectivity index (χ0v) is 12.3. The number of H-pyrrole nitrogens is 1. The second-order valence-electron chi connectivity index (χ2n) is 5.22. The van der Waals surface area contributed by atoms with Crippen molar-refractivity contribution in [1.82, 2.24) is 4.98 Å². The summed E-state index contributed by atoms with van der Waals surface area (Å²) in [6.45, 7) is 0. The van der Waals surface area contributed by atoms with Gasteiger partial charge in [0.25, 0.3) is 4.84 Å². The first kappa shape index (κ1) is 12.6. The molecule has 1 aromatic carbocycles. The van der Waals surface area contributed by atoms with Crippen molar-refractivity contribution in [2.75, 3.05) is 7.11 Å². The maximum Gasteiger partial charge on any atom is 0.339 e. The molecule has 0 amide bonds. The first-order valence-corrected chi connectivity index (χ1v) is 7.28. The van der Waals surface area contributed by atoms with E-state index in [1.165, 1.54) is 0 Å². The number of ether oxygens (including phenoxy) is 1. The maximum absolute atomic E-state index is 12.2. The monoisotopic (exact) mass is 303 g/mol. The van der Waals surface area contributed by atoms with Gasteiger partial charge in [-0.3, -0.25) is 0 Å². The van der Waals surface area contributed by atoms with Crippen LogP contribution < -0.4 is 10.4 Å².